The van der Waals surface area contributed by atoms with Crippen LogP contribution in [0.5, 0.6) is 0 Å². The Morgan fingerprint density at radius 1 is 0.328 bits per heavy atom. The van der Waals surface area contributed by atoms with E-state index in [4.69, 9.17) is 0 Å². The summed E-state index contributed by atoms with van der Waals surface area (Å²) >= 11 is 0. The third-order valence-electron chi connectivity index (χ3n) is 13.3. The first-order valence-corrected chi connectivity index (χ1v) is 22.0. The first-order valence-electron chi connectivity index (χ1n) is 24.0. The molecule has 1 aliphatic rings. The summed E-state index contributed by atoms with van der Waals surface area (Å²) in [5.74, 6) is 0. The number of hydrogen-bond acceptors (Lipinski definition) is 1. The molecule has 12 rings (SSSR count). The molecule has 0 heterocycles. The fraction of sp³-hybridized carbons (Fsp3) is 0.0476. The van der Waals surface area contributed by atoms with Gasteiger partial charge in [0.1, 0.15) is 0 Å². The summed E-state index contributed by atoms with van der Waals surface area (Å²) < 4.78 is 38.7. The molecule has 0 aliphatic heterocycles. The van der Waals surface area contributed by atoms with Gasteiger partial charge in [0.2, 0.25) is 0 Å². The molecule has 0 saturated carbocycles. The summed E-state index contributed by atoms with van der Waals surface area (Å²) in [5.41, 5.74) is 13.8. The number of benzene rings is 11. The lowest BCUT2D eigenvalue weighted by molar-refractivity contribution is 0.662. The maximum absolute atomic E-state index is 9.76. The van der Waals surface area contributed by atoms with Gasteiger partial charge in [0.25, 0.3) is 0 Å². The molecule has 64 heavy (non-hydrogen) atoms. The fourth-order valence-electron chi connectivity index (χ4n) is 10.3. The van der Waals surface area contributed by atoms with Crippen molar-refractivity contribution in [1.29, 1.82) is 0 Å². The van der Waals surface area contributed by atoms with Crippen LogP contribution in [-0.2, 0) is 5.41 Å². The average molecular weight is 820 g/mol. The number of nitrogens with zero attached hydrogens (tertiary/aromatic N) is 1. The molecule has 0 fully saturated rings. The molecule has 1 aliphatic carbocycles. The lowest BCUT2D eigenvalue weighted by Crippen LogP contribution is -2.16. The molecule has 0 N–H and O–H groups in total. The highest BCUT2D eigenvalue weighted by molar-refractivity contribution is 6.13. The van der Waals surface area contributed by atoms with Crippen molar-refractivity contribution in [1.82, 2.24) is 0 Å². The zero-order valence-corrected chi connectivity index (χ0v) is 35.7. The first-order chi connectivity index (χ1) is 33.2. The molecule has 11 aromatic rings. The standard InChI is InChI=1S/C63H45N/c1-63(2)61-27-10-9-23-58(61)59-26-13-25-55(62(59)63)44-30-36-50(37-31-44)64(51-38-32-45(33-39-51)60-41-48-15-4-6-20-54(48)56-21-7-8-22-57(56)60)49-34-28-42(29-35-49)46-17-11-18-47(40-46)53-24-12-16-43-14-3-5-19-52(43)53/h3-41H,1-2H3/i28D,29D,34D,35D. The Kier molecular flexibility index (Phi) is 7.94. The summed E-state index contributed by atoms with van der Waals surface area (Å²) in [5, 5.41) is 6.94. The van der Waals surface area contributed by atoms with Crippen molar-refractivity contribution < 1.29 is 5.48 Å². The van der Waals surface area contributed by atoms with Crippen LogP contribution in [0, 0.1) is 0 Å². The topological polar surface area (TPSA) is 3.24 Å². The van der Waals surface area contributed by atoms with Crippen molar-refractivity contribution in [3.05, 3.63) is 248 Å². The molecule has 0 aromatic heterocycles. The molecule has 0 radical (unpaired) electrons. The Bertz CT molecular complexity index is 3780. The van der Waals surface area contributed by atoms with E-state index in [0.29, 0.717) is 5.56 Å². The largest absolute Gasteiger partial charge is 0.311 e. The zero-order valence-electron chi connectivity index (χ0n) is 39.7. The molecule has 0 saturated heterocycles. The van der Waals surface area contributed by atoms with Crippen molar-refractivity contribution >= 4 is 49.4 Å². The van der Waals surface area contributed by atoms with E-state index in [1.165, 1.54) is 33.0 Å². The Morgan fingerprint density at radius 3 is 1.62 bits per heavy atom. The van der Waals surface area contributed by atoms with Crippen LogP contribution in [0.25, 0.3) is 88.0 Å². The number of anilines is 3. The highest BCUT2D eigenvalue weighted by Gasteiger charge is 2.37. The fourth-order valence-corrected chi connectivity index (χ4v) is 10.3. The Hall–Kier alpha value is -8.00. The van der Waals surface area contributed by atoms with E-state index in [1.807, 2.05) is 71.6 Å². The summed E-state index contributed by atoms with van der Waals surface area (Å²) in [6.45, 7) is 4.60. The van der Waals surface area contributed by atoms with Crippen LogP contribution in [0.4, 0.5) is 17.1 Å². The predicted octanol–water partition coefficient (Wildman–Crippen LogP) is 17.6. The lowest BCUT2D eigenvalue weighted by Gasteiger charge is -2.27. The van der Waals surface area contributed by atoms with Gasteiger partial charge in [-0.05, 0) is 148 Å². The summed E-state index contributed by atoms with van der Waals surface area (Å²) in [4.78, 5) is 1.89. The van der Waals surface area contributed by atoms with Crippen molar-refractivity contribution in [3.8, 4) is 55.6 Å². The van der Waals surface area contributed by atoms with Gasteiger partial charge < -0.3 is 4.90 Å². The van der Waals surface area contributed by atoms with Gasteiger partial charge in [-0.15, -0.1) is 0 Å². The minimum absolute atomic E-state index is 0.0985. The molecule has 0 bridgehead atoms. The van der Waals surface area contributed by atoms with Gasteiger partial charge in [-0.1, -0.05) is 202 Å². The lowest BCUT2D eigenvalue weighted by atomic mass is 9.79. The SMILES string of the molecule is [2H]c1c([2H])c(N(c2ccc(-c3cccc4c3C(C)(C)c3ccccc3-4)cc2)c2ccc(-c3cc4ccccc4c4ccccc34)cc2)c([2H])c([2H])c1-c1cccc(-c2cccc3ccccc23)c1. The first kappa shape index (κ1) is 33.6. The molecule has 1 heteroatoms. The minimum Gasteiger partial charge on any atom is -0.311 e. The molecule has 0 spiro atoms. The van der Waals surface area contributed by atoms with Gasteiger partial charge in [0, 0.05) is 22.5 Å². The second-order valence-electron chi connectivity index (χ2n) is 17.3. The molecule has 11 aromatic carbocycles. The number of fused-ring (bicyclic) bond motifs is 7. The van der Waals surface area contributed by atoms with Crippen LogP contribution in [0.2, 0.25) is 0 Å². The normalized spacial score (nSPS) is 13.5. The Labute approximate surface area is 380 Å². The third-order valence-corrected chi connectivity index (χ3v) is 13.3. The molecule has 0 atom stereocenters. The van der Waals surface area contributed by atoms with E-state index >= 15 is 0 Å². The molecular formula is C63H45N. The molecule has 0 unspecified atom stereocenters. The molecule has 302 valence electrons. The molecule has 1 nitrogen and oxygen atoms in total. The summed E-state index contributed by atoms with van der Waals surface area (Å²) in [6.07, 6.45) is 0. The van der Waals surface area contributed by atoms with Crippen molar-refractivity contribution in [2.75, 3.05) is 4.90 Å². The van der Waals surface area contributed by atoms with Gasteiger partial charge in [-0.2, -0.15) is 0 Å². The van der Waals surface area contributed by atoms with Crippen molar-refractivity contribution in [3.63, 3.8) is 0 Å². The van der Waals surface area contributed by atoms with E-state index in [2.05, 4.69) is 159 Å². The third kappa shape index (κ3) is 6.23. The van der Waals surface area contributed by atoms with E-state index in [-0.39, 0.29) is 40.8 Å². The highest BCUT2D eigenvalue weighted by atomic mass is 15.1. The van der Waals surface area contributed by atoms with Crippen molar-refractivity contribution in [2.24, 2.45) is 0 Å². The van der Waals surface area contributed by atoms with Crippen LogP contribution >= 0.6 is 0 Å². The van der Waals surface area contributed by atoms with Crippen LogP contribution in [0.15, 0.2) is 236 Å². The number of rotatable bonds is 7. The van der Waals surface area contributed by atoms with Gasteiger partial charge in [0.15, 0.2) is 0 Å². The van der Waals surface area contributed by atoms with E-state index in [9.17, 15) is 5.48 Å². The maximum Gasteiger partial charge on any atom is 0.0645 e. The molecule has 0 amide bonds. The Balaban J connectivity index is 1.00. The van der Waals surface area contributed by atoms with Crippen LogP contribution in [0.1, 0.15) is 30.5 Å². The average Bonchev–Trinajstić information content (AvgIpc) is 3.62. The van der Waals surface area contributed by atoms with Gasteiger partial charge >= 0.3 is 0 Å². The van der Waals surface area contributed by atoms with Crippen molar-refractivity contribution in [2.45, 2.75) is 19.3 Å². The summed E-state index contributed by atoms with van der Waals surface area (Å²) in [7, 11) is 0. The van der Waals surface area contributed by atoms with E-state index in [1.54, 1.807) is 0 Å². The van der Waals surface area contributed by atoms with Gasteiger partial charge in [-0.3, -0.25) is 0 Å². The quantitative estimate of drug-likeness (QED) is 0.145. The van der Waals surface area contributed by atoms with Gasteiger partial charge in [-0.25, -0.2) is 0 Å². The zero-order chi connectivity index (χ0) is 46.3. The highest BCUT2D eigenvalue weighted by Crippen LogP contribution is 2.52. The van der Waals surface area contributed by atoms with E-state index < -0.39 is 0 Å². The monoisotopic (exact) mass is 819 g/mol. The minimum atomic E-state index is -0.198. The van der Waals surface area contributed by atoms with Crippen LogP contribution in [0.3, 0.4) is 0 Å². The van der Waals surface area contributed by atoms with E-state index in [0.717, 1.165) is 66.3 Å². The maximum atomic E-state index is 9.76. The molecular weight excluding hydrogens is 771 g/mol. The predicted molar refractivity (Wildman–Crippen MR) is 273 cm³/mol. The van der Waals surface area contributed by atoms with Crippen LogP contribution < -0.4 is 4.90 Å². The Morgan fingerprint density at radius 2 is 0.859 bits per heavy atom. The van der Waals surface area contributed by atoms with Crippen LogP contribution in [-0.4, -0.2) is 0 Å². The summed E-state index contributed by atoms with van der Waals surface area (Å²) in [6, 6.07) is 72.9. The number of hydrogen-bond donors (Lipinski definition) is 0. The second kappa shape index (κ2) is 15.1. The smallest absolute Gasteiger partial charge is 0.0645 e. The second-order valence-corrected chi connectivity index (χ2v) is 17.3. The van der Waals surface area contributed by atoms with Gasteiger partial charge in [0.05, 0.1) is 5.48 Å².